The second-order valence-electron chi connectivity index (χ2n) is 4.56. The molecule has 0 aliphatic rings. The van der Waals surface area contributed by atoms with E-state index in [4.69, 9.17) is 0 Å². The van der Waals surface area contributed by atoms with Crippen molar-refractivity contribution in [1.29, 1.82) is 0 Å². The smallest absolute Gasteiger partial charge is 0.328 e. The van der Waals surface area contributed by atoms with E-state index in [0.717, 1.165) is 5.82 Å². The van der Waals surface area contributed by atoms with E-state index in [0.29, 0.717) is 5.13 Å². The van der Waals surface area contributed by atoms with Crippen LogP contribution in [-0.4, -0.2) is 28.5 Å². The number of methoxy groups -OCH3 is 1. The number of nitrogens with one attached hydrogen (secondary N) is 1. The van der Waals surface area contributed by atoms with Gasteiger partial charge in [-0.25, -0.2) is 9.78 Å². The quantitative estimate of drug-likeness (QED) is 0.820. The lowest BCUT2D eigenvalue weighted by Gasteiger charge is -2.12. The van der Waals surface area contributed by atoms with Gasteiger partial charge in [0, 0.05) is 16.9 Å². The van der Waals surface area contributed by atoms with Crippen LogP contribution >= 0.6 is 11.5 Å². The molecule has 0 bridgehead atoms. The minimum absolute atomic E-state index is 0.0784. The summed E-state index contributed by atoms with van der Waals surface area (Å²) in [5.74, 6) is 0.463. The molecule has 6 heteroatoms. The first-order valence-electron chi connectivity index (χ1n) is 5.03. The molecule has 1 N–H and O–H groups in total. The molecule has 0 spiro atoms. The Morgan fingerprint density at radius 3 is 2.56 bits per heavy atom. The highest BCUT2D eigenvalue weighted by atomic mass is 32.1. The highest BCUT2D eigenvalue weighted by Crippen LogP contribution is 2.23. The molecule has 90 valence electrons. The predicted molar refractivity (Wildman–Crippen MR) is 63.7 cm³/mol. The van der Waals surface area contributed by atoms with Crippen molar-refractivity contribution in [2.75, 3.05) is 12.4 Å². The van der Waals surface area contributed by atoms with E-state index in [-0.39, 0.29) is 11.4 Å². The Morgan fingerprint density at radius 1 is 1.50 bits per heavy atom. The van der Waals surface area contributed by atoms with Crippen molar-refractivity contribution in [3.63, 3.8) is 0 Å². The number of rotatable bonds is 3. The minimum atomic E-state index is -0.411. The molecule has 0 amide bonds. The van der Waals surface area contributed by atoms with E-state index in [1.54, 1.807) is 6.92 Å². The molecule has 1 aromatic heterocycles. The van der Waals surface area contributed by atoms with Crippen LogP contribution in [0.1, 0.15) is 33.5 Å². The number of anilines is 1. The summed E-state index contributed by atoms with van der Waals surface area (Å²) in [6.07, 6.45) is 0. The minimum Gasteiger partial charge on any atom is -0.467 e. The number of esters is 1. The Labute approximate surface area is 99.4 Å². The van der Waals surface area contributed by atoms with E-state index in [1.807, 2.05) is 20.8 Å². The summed E-state index contributed by atoms with van der Waals surface area (Å²) in [4.78, 5) is 15.5. The lowest BCUT2D eigenvalue weighted by atomic mass is 9.96. The van der Waals surface area contributed by atoms with Crippen LogP contribution < -0.4 is 5.32 Å². The van der Waals surface area contributed by atoms with Crippen LogP contribution in [0.4, 0.5) is 5.13 Å². The van der Waals surface area contributed by atoms with Gasteiger partial charge in [-0.2, -0.15) is 4.37 Å². The van der Waals surface area contributed by atoms with Gasteiger partial charge in [0.25, 0.3) is 0 Å². The molecular formula is C10H17N3O2S. The summed E-state index contributed by atoms with van der Waals surface area (Å²) >= 11 is 1.25. The van der Waals surface area contributed by atoms with Gasteiger partial charge in [-0.15, -0.1) is 0 Å². The number of hydrogen-bond donors (Lipinski definition) is 1. The number of carbonyl (C=O) groups is 1. The average molecular weight is 243 g/mol. The van der Waals surface area contributed by atoms with Gasteiger partial charge in [-0.05, 0) is 6.92 Å². The second-order valence-corrected chi connectivity index (χ2v) is 5.31. The van der Waals surface area contributed by atoms with Gasteiger partial charge in [0.05, 0.1) is 7.11 Å². The second kappa shape index (κ2) is 4.78. The van der Waals surface area contributed by atoms with E-state index < -0.39 is 6.04 Å². The van der Waals surface area contributed by atoms with Crippen molar-refractivity contribution >= 4 is 22.6 Å². The molecule has 5 nitrogen and oxygen atoms in total. The van der Waals surface area contributed by atoms with Crippen molar-refractivity contribution in [1.82, 2.24) is 9.36 Å². The third-order valence-electron chi connectivity index (χ3n) is 1.99. The highest BCUT2D eigenvalue weighted by Gasteiger charge is 2.21. The molecule has 1 rings (SSSR count). The van der Waals surface area contributed by atoms with Crippen molar-refractivity contribution in [2.24, 2.45) is 0 Å². The molecule has 0 radical (unpaired) electrons. The van der Waals surface area contributed by atoms with Crippen molar-refractivity contribution in [2.45, 2.75) is 39.2 Å². The maximum atomic E-state index is 11.2. The molecular weight excluding hydrogens is 226 g/mol. The van der Waals surface area contributed by atoms with Gasteiger partial charge in [-0.1, -0.05) is 20.8 Å². The van der Waals surface area contributed by atoms with Crippen LogP contribution in [0, 0.1) is 0 Å². The summed E-state index contributed by atoms with van der Waals surface area (Å²) in [6.45, 7) is 7.86. The zero-order valence-electron chi connectivity index (χ0n) is 10.2. The van der Waals surface area contributed by atoms with Gasteiger partial charge in [0.1, 0.15) is 11.9 Å². The van der Waals surface area contributed by atoms with Crippen LogP contribution in [0.3, 0.4) is 0 Å². The Kier molecular flexibility index (Phi) is 3.85. The monoisotopic (exact) mass is 243 g/mol. The molecule has 0 fully saturated rings. The van der Waals surface area contributed by atoms with Crippen LogP contribution in [0.5, 0.6) is 0 Å². The first-order chi connectivity index (χ1) is 7.34. The predicted octanol–water partition coefficient (Wildman–Crippen LogP) is 1.81. The average Bonchev–Trinajstić information content (AvgIpc) is 2.64. The Morgan fingerprint density at radius 2 is 2.12 bits per heavy atom. The summed E-state index contributed by atoms with van der Waals surface area (Å²) in [6, 6.07) is -0.411. The van der Waals surface area contributed by atoms with E-state index >= 15 is 0 Å². The zero-order chi connectivity index (χ0) is 12.3. The third kappa shape index (κ3) is 3.16. The molecule has 1 unspecified atom stereocenters. The Balaban J connectivity index is 2.69. The fourth-order valence-electron chi connectivity index (χ4n) is 1.01. The SMILES string of the molecule is COC(=O)C(C)Nc1nc(C(C)(C)C)ns1. The van der Waals surface area contributed by atoms with Crippen molar-refractivity contribution in [3.05, 3.63) is 5.82 Å². The summed E-state index contributed by atoms with van der Waals surface area (Å²) in [7, 11) is 1.36. The molecule has 1 heterocycles. The standard InChI is InChI=1S/C10H17N3O2S/c1-6(7(14)15-5)11-9-12-8(13-16-9)10(2,3)4/h6H,1-5H3,(H,11,12,13). The summed E-state index contributed by atoms with van der Waals surface area (Å²) in [5.41, 5.74) is -0.0784. The molecule has 0 aromatic carbocycles. The fourth-order valence-corrected chi connectivity index (χ4v) is 1.85. The van der Waals surface area contributed by atoms with E-state index in [1.165, 1.54) is 18.6 Å². The topological polar surface area (TPSA) is 64.1 Å². The number of ether oxygens (including phenoxy) is 1. The third-order valence-corrected chi connectivity index (χ3v) is 2.64. The van der Waals surface area contributed by atoms with Crippen LogP contribution in [0.15, 0.2) is 0 Å². The molecule has 0 aliphatic heterocycles. The zero-order valence-corrected chi connectivity index (χ0v) is 11.0. The Hall–Kier alpha value is -1.17. The Bertz CT molecular complexity index is 370. The summed E-state index contributed by atoms with van der Waals surface area (Å²) in [5, 5.41) is 3.60. The van der Waals surface area contributed by atoms with E-state index in [2.05, 4.69) is 19.4 Å². The maximum Gasteiger partial charge on any atom is 0.328 e. The summed E-state index contributed by atoms with van der Waals surface area (Å²) < 4.78 is 8.85. The number of aromatic nitrogens is 2. The van der Waals surface area contributed by atoms with Gasteiger partial charge in [0.15, 0.2) is 0 Å². The van der Waals surface area contributed by atoms with Gasteiger partial charge in [-0.3, -0.25) is 0 Å². The molecule has 0 saturated heterocycles. The first-order valence-corrected chi connectivity index (χ1v) is 5.80. The van der Waals surface area contributed by atoms with Gasteiger partial charge >= 0.3 is 5.97 Å². The largest absolute Gasteiger partial charge is 0.467 e. The fraction of sp³-hybridized carbons (Fsp3) is 0.700. The first kappa shape index (κ1) is 12.9. The van der Waals surface area contributed by atoms with Crippen molar-refractivity contribution < 1.29 is 9.53 Å². The lowest BCUT2D eigenvalue weighted by Crippen LogP contribution is -2.27. The van der Waals surface area contributed by atoms with Crippen molar-refractivity contribution in [3.8, 4) is 0 Å². The van der Waals surface area contributed by atoms with Gasteiger partial charge < -0.3 is 10.1 Å². The van der Waals surface area contributed by atoms with Crippen LogP contribution in [-0.2, 0) is 14.9 Å². The molecule has 1 aromatic rings. The number of nitrogens with zero attached hydrogens (tertiary/aromatic N) is 2. The molecule has 0 saturated carbocycles. The molecule has 1 atom stereocenters. The van der Waals surface area contributed by atoms with Gasteiger partial charge in [0.2, 0.25) is 5.13 Å². The number of hydrogen-bond acceptors (Lipinski definition) is 6. The molecule has 16 heavy (non-hydrogen) atoms. The van der Waals surface area contributed by atoms with Crippen LogP contribution in [0.25, 0.3) is 0 Å². The maximum absolute atomic E-state index is 11.2. The van der Waals surface area contributed by atoms with Crippen LogP contribution in [0.2, 0.25) is 0 Å². The molecule has 0 aliphatic carbocycles. The highest BCUT2D eigenvalue weighted by molar-refractivity contribution is 7.09. The number of carbonyl (C=O) groups excluding carboxylic acids is 1. The normalized spacial score (nSPS) is 13.3. The van der Waals surface area contributed by atoms with E-state index in [9.17, 15) is 4.79 Å². The lowest BCUT2D eigenvalue weighted by molar-refractivity contribution is -0.141.